The first-order chi connectivity index (χ1) is 8.16. The van der Waals surface area contributed by atoms with Crippen molar-refractivity contribution in [2.24, 2.45) is 0 Å². The van der Waals surface area contributed by atoms with Crippen LogP contribution in [0, 0.1) is 12.7 Å². The van der Waals surface area contributed by atoms with Gasteiger partial charge in [-0.1, -0.05) is 17.7 Å². The first-order valence-corrected chi connectivity index (χ1v) is 5.64. The standard InChI is InChI=1S/C13H16FN3/c1-9-3-4-12(14)11(7-9)8-17-10(2)13-15-5-6-16-13/h3-7,10,17H,8H2,1-2H3,(H,15,16). The third-order valence-corrected chi connectivity index (χ3v) is 2.73. The molecule has 0 radical (unpaired) electrons. The second-order valence-electron chi connectivity index (χ2n) is 4.17. The van der Waals surface area contributed by atoms with Crippen LogP contribution in [0.1, 0.15) is 29.9 Å². The predicted molar refractivity (Wildman–Crippen MR) is 65.0 cm³/mol. The maximum Gasteiger partial charge on any atom is 0.127 e. The van der Waals surface area contributed by atoms with Crippen molar-refractivity contribution in [2.45, 2.75) is 26.4 Å². The van der Waals surface area contributed by atoms with Gasteiger partial charge in [0, 0.05) is 24.5 Å². The van der Waals surface area contributed by atoms with Crippen LogP contribution in [0.5, 0.6) is 0 Å². The zero-order valence-electron chi connectivity index (χ0n) is 10.00. The number of aromatic nitrogens is 2. The zero-order valence-corrected chi connectivity index (χ0v) is 10.00. The second-order valence-corrected chi connectivity index (χ2v) is 4.17. The Bertz CT molecular complexity index is 479. The molecule has 17 heavy (non-hydrogen) atoms. The molecule has 0 amide bonds. The number of nitrogens with one attached hydrogen (secondary N) is 2. The third kappa shape index (κ3) is 2.91. The molecule has 90 valence electrons. The molecular weight excluding hydrogens is 217 g/mol. The van der Waals surface area contributed by atoms with Gasteiger partial charge in [-0.05, 0) is 19.9 Å². The molecule has 1 aromatic carbocycles. The molecule has 4 heteroatoms. The number of H-pyrrole nitrogens is 1. The van der Waals surface area contributed by atoms with Crippen molar-refractivity contribution in [1.82, 2.24) is 15.3 Å². The Balaban J connectivity index is 2.00. The van der Waals surface area contributed by atoms with Crippen molar-refractivity contribution in [1.29, 1.82) is 0 Å². The Morgan fingerprint density at radius 3 is 3.00 bits per heavy atom. The summed E-state index contributed by atoms with van der Waals surface area (Å²) in [6.07, 6.45) is 3.49. The average molecular weight is 233 g/mol. The van der Waals surface area contributed by atoms with Crippen molar-refractivity contribution in [3.8, 4) is 0 Å². The van der Waals surface area contributed by atoms with Crippen molar-refractivity contribution in [2.75, 3.05) is 0 Å². The molecule has 0 bridgehead atoms. The lowest BCUT2D eigenvalue weighted by Gasteiger charge is -2.12. The minimum atomic E-state index is -0.172. The highest BCUT2D eigenvalue weighted by Gasteiger charge is 2.08. The molecule has 0 saturated heterocycles. The van der Waals surface area contributed by atoms with Crippen LogP contribution in [0.25, 0.3) is 0 Å². The quantitative estimate of drug-likeness (QED) is 0.852. The fourth-order valence-corrected chi connectivity index (χ4v) is 1.71. The number of benzene rings is 1. The van der Waals surface area contributed by atoms with Crippen LogP contribution < -0.4 is 5.32 Å². The Morgan fingerprint density at radius 1 is 1.47 bits per heavy atom. The molecule has 1 heterocycles. The van der Waals surface area contributed by atoms with Crippen molar-refractivity contribution in [3.63, 3.8) is 0 Å². The van der Waals surface area contributed by atoms with Gasteiger partial charge in [0.05, 0.1) is 6.04 Å². The summed E-state index contributed by atoms with van der Waals surface area (Å²) in [5, 5.41) is 3.24. The molecule has 1 aromatic heterocycles. The van der Waals surface area contributed by atoms with Crippen molar-refractivity contribution < 1.29 is 4.39 Å². The van der Waals surface area contributed by atoms with Gasteiger partial charge in [0.15, 0.2) is 0 Å². The summed E-state index contributed by atoms with van der Waals surface area (Å²) in [6, 6.07) is 5.21. The number of hydrogen-bond acceptors (Lipinski definition) is 2. The summed E-state index contributed by atoms with van der Waals surface area (Å²) in [7, 11) is 0. The molecule has 3 nitrogen and oxygen atoms in total. The summed E-state index contributed by atoms with van der Waals surface area (Å²) < 4.78 is 13.5. The van der Waals surface area contributed by atoms with Gasteiger partial charge < -0.3 is 10.3 Å². The monoisotopic (exact) mass is 233 g/mol. The van der Waals surface area contributed by atoms with Crippen LogP contribution in [0.15, 0.2) is 30.6 Å². The first-order valence-electron chi connectivity index (χ1n) is 5.64. The molecular formula is C13H16FN3. The van der Waals surface area contributed by atoms with Crippen molar-refractivity contribution >= 4 is 0 Å². The predicted octanol–water partition coefficient (Wildman–Crippen LogP) is 2.71. The molecule has 0 spiro atoms. The van der Waals surface area contributed by atoms with Gasteiger partial charge in [0.1, 0.15) is 11.6 Å². The summed E-state index contributed by atoms with van der Waals surface area (Å²) in [6.45, 7) is 4.45. The van der Waals surface area contributed by atoms with E-state index >= 15 is 0 Å². The van der Waals surface area contributed by atoms with Crippen LogP contribution >= 0.6 is 0 Å². The SMILES string of the molecule is Cc1ccc(F)c(CNC(C)c2ncc[nH]2)c1. The fraction of sp³-hybridized carbons (Fsp3) is 0.308. The Kier molecular flexibility index (Phi) is 3.54. The number of aryl methyl sites for hydroxylation is 1. The summed E-state index contributed by atoms with van der Waals surface area (Å²) in [5.74, 6) is 0.688. The van der Waals surface area contributed by atoms with Crippen LogP contribution in [0.4, 0.5) is 4.39 Å². The lowest BCUT2D eigenvalue weighted by atomic mass is 10.1. The smallest absolute Gasteiger partial charge is 0.127 e. The number of nitrogens with zero attached hydrogens (tertiary/aromatic N) is 1. The molecule has 2 aromatic rings. The van der Waals surface area contributed by atoms with Crippen LogP contribution in [-0.2, 0) is 6.54 Å². The zero-order chi connectivity index (χ0) is 12.3. The van der Waals surface area contributed by atoms with E-state index in [9.17, 15) is 4.39 Å². The highest BCUT2D eigenvalue weighted by atomic mass is 19.1. The van der Waals surface area contributed by atoms with Crippen molar-refractivity contribution in [3.05, 3.63) is 53.4 Å². The van der Waals surface area contributed by atoms with Gasteiger partial charge in [0.25, 0.3) is 0 Å². The van der Waals surface area contributed by atoms with Crippen LogP contribution in [0.2, 0.25) is 0 Å². The van der Waals surface area contributed by atoms with Gasteiger partial charge >= 0.3 is 0 Å². The maximum absolute atomic E-state index is 13.5. The van der Waals surface area contributed by atoms with Gasteiger partial charge in [-0.2, -0.15) is 0 Å². The van der Waals surface area contributed by atoms with Gasteiger partial charge in [-0.15, -0.1) is 0 Å². The summed E-state index contributed by atoms with van der Waals surface area (Å²) in [5.41, 5.74) is 1.75. The Morgan fingerprint density at radius 2 is 2.29 bits per heavy atom. The van der Waals surface area contributed by atoms with Crippen LogP contribution in [-0.4, -0.2) is 9.97 Å². The van der Waals surface area contributed by atoms with E-state index in [4.69, 9.17) is 0 Å². The van der Waals surface area contributed by atoms with E-state index in [1.807, 2.05) is 19.9 Å². The lowest BCUT2D eigenvalue weighted by Crippen LogP contribution is -2.19. The number of rotatable bonds is 4. The number of aromatic amines is 1. The normalized spacial score (nSPS) is 12.6. The molecule has 0 fully saturated rings. The highest BCUT2D eigenvalue weighted by Crippen LogP contribution is 2.12. The van der Waals surface area contributed by atoms with E-state index < -0.39 is 0 Å². The molecule has 0 aliphatic carbocycles. The van der Waals surface area contributed by atoms with Crippen LogP contribution in [0.3, 0.4) is 0 Å². The lowest BCUT2D eigenvalue weighted by molar-refractivity contribution is 0.528. The summed E-state index contributed by atoms with van der Waals surface area (Å²) in [4.78, 5) is 7.19. The summed E-state index contributed by atoms with van der Waals surface area (Å²) >= 11 is 0. The van der Waals surface area contributed by atoms with E-state index in [0.717, 1.165) is 11.4 Å². The molecule has 0 saturated carbocycles. The molecule has 0 aliphatic rings. The van der Waals surface area contributed by atoms with E-state index in [1.54, 1.807) is 18.5 Å². The van der Waals surface area contributed by atoms with Gasteiger partial charge in [-0.3, -0.25) is 0 Å². The van der Waals surface area contributed by atoms with E-state index in [2.05, 4.69) is 15.3 Å². The minimum absolute atomic E-state index is 0.0740. The van der Waals surface area contributed by atoms with Gasteiger partial charge in [-0.25, -0.2) is 9.37 Å². The molecule has 1 atom stereocenters. The van der Waals surface area contributed by atoms with Gasteiger partial charge in [0.2, 0.25) is 0 Å². The molecule has 0 aliphatic heterocycles. The topological polar surface area (TPSA) is 40.7 Å². The molecule has 2 rings (SSSR count). The number of halogens is 1. The first kappa shape index (κ1) is 11.8. The molecule has 1 unspecified atom stereocenters. The maximum atomic E-state index is 13.5. The third-order valence-electron chi connectivity index (χ3n) is 2.73. The number of imidazole rings is 1. The van der Waals surface area contributed by atoms with E-state index in [0.29, 0.717) is 12.1 Å². The average Bonchev–Trinajstić information content (AvgIpc) is 2.83. The minimum Gasteiger partial charge on any atom is -0.347 e. The fourth-order valence-electron chi connectivity index (χ4n) is 1.71. The highest BCUT2D eigenvalue weighted by molar-refractivity contribution is 5.24. The molecule has 2 N–H and O–H groups in total. The second kappa shape index (κ2) is 5.10. The Labute approximate surface area is 100 Å². The largest absolute Gasteiger partial charge is 0.347 e. The van der Waals surface area contributed by atoms with E-state index in [-0.39, 0.29) is 11.9 Å². The Hall–Kier alpha value is -1.68. The van der Waals surface area contributed by atoms with E-state index in [1.165, 1.54) is 6.07 Å². The number of hydrogen-bond donors (Lipinski definition) is 2.